The molecule has 374 valence electrons. The van der Waals surface area contributed by atoms with Gasteiger partial charge in [-0.3, -0.25) is 9.59 Å². The Kier molecular flexibility index (Phi) is 39.0. The van der Waals surface area contributed by atoms with Gasteiger partial charge in [-0.15, -0.1) is 0 Å². The first-order valence-corrected chi connectivity index (χ1v) is 25.2. The van der Waals surface area contributed by atoms with Crippen LogP contribution in [0.15, 0.2) is 109 Å². The molecule has 66 heavy (non-hydrogen) atoms. The standard InChI is InChI=1S/C55H89NO10/c1-4-7-10-13-16-19-22-24-25-28-31-34-37-40-43-50(60)66-53-52(62)51(61)49(44-57)65-55(53)64-45-46(47(58)41-38-35-32-29-26-21-18-15-12-9-6-3)56-54(63)48(59)42-39-36-33-30-27-23-20-17-14-11-8-5-2/h7-8,10-11,14,16-17,19-20,23-25,27,30,33,36,38,41,46-49,51-53,55,57-59,61-62H,4-6,9,12-13,15,18,21-22,26,28-29,31-32,34-35,37,39-40,42-45H2,1-3H3,(H,56,63)/b10-7+,11-8+,17-14+,19-16+,23-20-,25-24+,30-27-,36-33+,41-38+. The molecular weight excluding hydrogens is 835 g/mol. The van der Waals surface area contributed by atoms with Gasteiger partial charge >= 0.3 is 5.97 Å². The quantitative estimate of drug-likeness (QED) is 0.0151. The minimum atomic E-state index is -1.64. The van der Waals surface area contributed by atoms with E-state index in [4.69, 9.17) is 14.2 Å². The molecule has 1 saturated heterocycles. The molecule has 1 fully saturated rings. The van der Waals surface area contributed by atoms with Crippen molar-refractivity contribution in [1.82, 2.24) is 5.32 Å². The first kappa shape index (κ1) is 60.3. The number of aliphatic hydroxyl groups excluding tert-OH is 5. The molecule has 1 heterocycles. The van der Waals surface area contributed by atoms with Gasteiger partial charge in [-0.05, 0) is 70.6 Å². The maximum absolute atomic E-state index is 13.3. The van der Waals surface area contributed by atoms with Crippen molar-refractivity contribution in [1.29, 1.82) is 0 Å². The van der Waals surface area contributed by atoms with E-state index in [1.807, 2.05) is 60.8 Å². The minimum Gasteiger partial charge on any atom is -0.454 e. The summed E-state index contributed by atoms with van der Waals surface area (Å²) in [5.41, 5.74) is 0. The van der Waals surface area contributed by atoms with Crippen LogP contribution in [0.3, 0.4) is 0 Å². The summed E-state index contributed by atoms with van der Waals surface area (Å²) < 4.78 is 17.4. The van der Waals surface area contributed by atoms with Gasteiger partial charge in [0.2, 0.25) is 5.91 Å². The van der Waals surface area contributed by atoms with Gasteiger partial charge in [0, 0.05) is 6.42 Å². The third kappa shape index (κ3) is 31.3. The van der Waals surface area contributed by atoms with Crippen LogP contribution in [0.2, 0.25) is 0 Å². The van der Waals surface area contributed by atoms with Gasteiger partial charge in [0.05, 0.1) is 25.4 Å². The molecule has 1 rings (SSSR count). The van der Waals surface area contributed by atoms with E-state index in [0.717, 1.165) is 77.0 Å². The van der Waals surface area contributed by atoms with E-state index in [1.54, 1.807) is 6.08 Å². The molecule has 0 aromatic rings. The molecule has 1 aliphatic heterocycles. The maximum atomic E-state index is 13.3. The number of unbranched alkanes of at least 4 members (excludes halogenated alkanes) is 13. The highest BCUT2D eigenvalue weighted by atomic mass is 16.7. The molecular formula is C55H89NO10. The number of carbonyl (C=O) groups excluding carboxylic acids is 2. The lowest BCUT2D eigenvalue weighted by Gasteiger charge is -2.41. The van der Waals surface area contributed by atoms with Crippen molar-refractivity contribution in [2.45, 2.75) is 211 Å². The average Bonchev–Trinajstić information content (AvgIpc) is 3.31. The van der Waals surface area contributed by atoms with E-state index in [1.165, 1.54) is 38.5 Å². The largest absolute Gasteiger partial charge is 0.454 e. The molecule has 11 nitrogen and oxygen atoms in total. The summed E-state index contributed by atoms with van der Waals surface area (Å²) in [5, 5.41) is 56.4. The fraction of sp³-hybridized carbons (Fsp3) is 0.636. The summed E-state index contributed by atoms with van der Waals surface area (Å²) in [6.07, 6.45) is 45.9. The topological polar surface area (TPSA) is 175 Å². The molecule has 0 aliphatic carbocycles. The van der Waals surface area contributed by atoms with Crippen LogP contribution in [0.25, 0.3) is 0 Å². The van der Waals surface area contributed by atoms with Crippen LogP contribution in [0.4, 0.5) is 0 Å². The number of hydrogen-bond acceptors (Lipinski definition) is 10. The zero-order valence-electron chi connectivity index (χ0n) is 40.8. The fourth-order valence-electron chi connectivity index (χ4n) is 7.04. The number of allylic oxidation sites excluding steroid dienone is 17. The number of amides is 1. The van der Waals surface area contributed by atoms with Crippen LogP contribution in [0.5, 0.6) is 0 Å². The number of carbonyl (C=O) groups is 2. The number of esters is 1. The summed E-state index contributed by atoms with van der Waals surface area (Å²) in [6, 6.07) is -1.07. The summed E-state index contributed by atoms with van der Waals surface area (Å²) in [7, 11) is 0. The number of aliphatic hydroxyl groups is 5. The molecule has 0 saturated carbocycles. The first-order chi connectivity index (χ1) is 32.2. The zero-order chi connectivity index (χ0) is 48.3. The molecule has 0 aromatic heterocycles. The highest BCUT2D eigenvalue weighted by Gasteiger charge is 2.47. The maximum Gasteiger partial charge on any atom is 0.306 e. The van der Waals surface area contributed by atoms with Crippen LogP contribution < -0.4 is 5.32 Å². The second-order valence-corrected chi connectivity index (χ2v) is 16.9. The second kappa shape index (κ2) is 42.7. The monoisotopic (exact) mass is 924 g/mol. The molecule has 1 amide bonds. The van der Waals surface area contributed by atoms with E-state index in [-0.39, 0.29) is 19.4 Å². The first-order valence-electron chi connectivity index (χ1n) is 25.2. The van der Waals surface area contributed by atoms with Crippen LogP contribution >= 0.6 is 0 Å². The lowest BCUT2D eigenvalue weighted by molar-refractivity contribution is -0.305. The number of nitrogens with one attached hydrogen (secondary N) is 1. The molecule has 8 unspecified atom stereocenters. The Morgan fingerprint density at radius 1 is 0.621 bits per heavy atom. The van der Waals surface area contributed by atoms with Crippen molar-refractivity contribution >= 4 is 11.9 Å². The van der Waals surface area contributed by atoms with Gasteiger partial charge in [0.15, 0.2) is 12.4 Å². The van der Waals surface area contributed by atoms with Crippen molar-refractivity contribution in [3.8, 4) is 0 Å². The second-order valence-electron chi connectivity index (χ2n) is 16.9. The SMILES string of the molecule is CC/C=C/C=C/C=C\C=C/C=C/CCC(O)C(=O)NC(COC1OC(CO)C(O)C(O)C1OC(=O)CCCCCC/C=C/C/C=C/C/C=C/CC)C(O)/C=C/CCCCCCCCCCC. The molecule has 0 radical (unpaired) electrons. The summed E-state index contributed by atoms with van der Waals surface area (Å²) in [4.78, 5) is 26.3. The third-order valence-corrected chi connectivity index (χ3v) is 11.1. The van der Waals surface area contributed by atoms with Crippen LogP contribution in [-0.4, -0.2) is 99.6 Å². The summed E-state index contributed by atoms with van der Waals surface area (Å²) in [6.45, 7) is 5.40. The van der Waals surface area contributed by atoms with Crippen LogP contribution in [0, 0.1) is 0 Å². The van der Waals surface area contributed by atoms with Gasteiger partial charge in [-0.25, -0.2) is 0 Å². The lowest BCUT2D eigenvalue weighted by Crippen LogP contribution is -2.61. The van der Waals surface area contributed by atoms with Gasteiger partial charge in [-0.2, -0.15) is 0 Å². The van der Waals surface area contributed by atoms with Crippen LogP contribution in [0.1, 0.15) is 162 Å². The number of ether oxygens (including phenoxy) is 3. The Labute approximate surface area is 398 Å². The van der Waals surface area contributed by atoms with Crippen molar-refractivity contribution in [2.24, 2.45) is 0 Å². The predicted octanol–water partition coefficient (Wildman–Crippen LogP) is 10.2. The number of hydrogen-bond donors (Lipinski definition) is 6. The van der Waals surface area contributed by atoms with E-state index in [2.05, 4.69) is 68.6 Å². The predicted molar refractivity (Wildman–Crippen MR) is 268 cm³/mol. The highest BCUT2D eigenvalue weighted by molar-refractivity contribution is 5.80. The Bertz CT molecular complexity index is 1480. The van der Waals surface area contributed by atoms with Crippen molar-refractivity contribution in [3.05, 3.63) is 109 Å². The average molecular weight is 924 g/mol. The zero-order valence-corrected chi connectivity index (χ0v) is 40.8. The molecule has 6 N–H and O–H groups in total. The van der Waals surface area contributed by atoms with Crippen molar-refractivity contribution in [2.75, 3.05) is 13.2 Å². The third-order valence-electron chi connectivity index (χ3n) is 11.1. The van der Waals surface area contributed by atoms with Crippen LogP contribution in [-0.2, 0) is 23.8 Å². The van der Waals surface area contributed by atoms with Gasteiger partial charge in [0.1, 0.15) is 24.4 Å². The Balaban J connectivity index is 2.87. The molecule has 1 aliphatic rings. The summed E-state index contributed by atoms with van der Waals surface area (Å²) in [5.74, 6) is -1.31. The van der Waals surface area contributed by atoms with E-state index < -0.39 is 67.4 Å². The Morgan fingerprint density at radius 3 is 1.79 bits per heavy atom. The van der Waals surface area contributed by atoms with E-state index in [0.29, 0.717) is 12.8 Å². The smallest absolute Gasteiger partial charge is 0.306 e. The molecule has 0 aromatic carbocycles. The molecule has 11 heteroatoms. The molecule has 0 spiro atoms. The Hall–Kier alpha value is -3.68. The fourth-order valence-corrected chi connectivity index (χ4v) is 7.04. The van der Waals surface area contributed by atoms with Gasteiger partial charge in [0.25, 0.3) is 0 Å². The summed E-state index contributed by atoms with van der Waals surface area (Å²) >= 11 is 0. The van der Waals surface area contributed by atoms with E-state index in [9.17, 15) is 35.1 Å². The highest BCUT2D eigenvalue weighted by Crippen LogP contribution is 2.26. The molecule has 0 bridgehead atoms. The minimum absolute atomic E-state index is 0.0823. The van der Waals surface area contributed by atoms with Crippen molar-refractivity contribution < 1.29 is 49.3 Å². The van der Waals surface area contributed by atoms with Gasteiger partial charge in [-0.1, -0.05) is 194 Å². The molecule has 8 atom stereocenters. The van der Waals surface area contributed by atoms with Gasteiger partial charge < -0.3 is 45.1 Å². The number of rotatable bonds is 39. The normalized spacial score (nSPS) is 21.1. The lowest BCUT2D eigenvalue weighted by atomic mass is 9.99. The van der Waals surface area contributed by atoms with Crippen molar-refractivity contribution in [3.63, 3.8) is 0 Å². The van der Waals surface area contributed by atoms with E-state index >= 15 is 0 Å². The Morgan fingerprint density at radius 2 is 1.17 bits per heavy atom.